The predicted octanol–water partition coefficient (Wildman–Crippen LogP) is 8.71. The molecule has 1 atom stereocenters. The molecule has 2 aromatic rings. The van der Waals surface area contributed by atoms with Crippen LogP contribution < -0.4 is 0 Å². The summed E-state index contributed by atoms with van der Waals surface area (Å²) in [4.78, 5) is 7.44. The summed E-state index contributed by atoms with van der Waals surface area (Å²) in [5.74, 6) is -0.973. The number of hydrogen-bond acceptors (Lipinski definition) is 4. The number of hydrogen-bond donors (Lipinski definition) is 1. The summed E-state index contributed by atoms with van der Waals surface area (Å²) >= 11 is 0. The fraction of sp³-hybridized carbons (Fsp3) is 0.622. The van der Waals surface area contributed by atoms with Crippen LogP contribution in [0.5, 0.6) is 5.75 Å². The summed E-state index contributed by atoms with van der Waals surface area (Å²) in [5.41, 5.74) is 1.91. The molecule has 2 aromatic carbocycles. The lowest BCUT2D eigenvalue weighted by atomic mass is 9.73. The highest BCUT2D eigenvalue weighted by molar-refractivity contribution is 5.36. The molecule has 1 aliphatic carbocycles. The third-order valence-corrected chi connectivity index (χ3v) is 10.1. The van der Waals surface area contributed by atoms with E-state index in [0.29, 0.717) is 24.1 Å². The second-order valence-electron chi connectivity index (χ2n) is 13.2. The van der Waals surface area contributed by atoms with Crippen molar-refractivity contribution in [3.8, 4) is 5.75 Å². The molecule has 4 nitrogen and oxygen atoms in total. The Morgan fingerprint density at radius 3 is 2.31 bits per heavy atom. The van der Waals surface area contributed by atoms with Gasteiger partial charge in [0.15, 0.2) is 11.6 Å². The zero-order valence-electron chi connectivity index (χ0n) is 27.6. The summed E-state index contributed by atoms with van der Waals surface area (Å²) in [6, 6.07) is 9.68. The van der Waals surface area contributed by atoms with Crippen molar-refractivity contribution in [2.75, 3.05) is 45.8 Å². The van der Waals surface area contributed by atoms with Crippen LogP contribution in [0, 0.1) is 12.7 Å². The van der Waals surface area contributed by atoms with Crippen LogP contribution >= 0.6 is 0 Å². The van der Waals surface area contributed by atoms with Crippen molar-refractivity contribution < 1.29 is 22.7 Å². The number of halogens is 4. The van der Waals surface area contributed by atoms with E-state index in [1.54, 1.807) is 25.1 Å². The monoisotopic (exact) mass is 631 g/mol. The number of phenols is 1. The minimum Gasteiger partial charge on any atom is -0.505 e. The minimum absolute atomic E-state index is 0.332. The Hall–Kier alpha value is -2.58. The van der Waals surface area contributed by atoms with E-state index in [1.165, 1.54) is 50.3 Å². The zero-order valence-corrected chi connectivity index (χ0v) is 27.6. The summed E-state index contributed by atoms with van der Waals surface area (Å²) in [7, 11) is 0. The predicted molar refractivity (Wildman–Crippen MR) is 175 cm³/mol. The number of piperazine rings is 1. The van der Waals surface area contributed by atoms with Gasteiger partial charge in [0.1, 0.15) is 0 Å². The summed E-state index contributed by atoms with van der Waals surface area (Å²) in [6.07, 6.45) is 6.27. The molecule has 0 radical (unpaired) electrons. The Bertz CT molecular complexity index is 1250. The van der Waals surface area contributed by atoms with Crippen molar-refractivity contribution in [3.05, 3.63) is 76.7 Å². The maximum Gasteiger partial charge on any atom is 0.416 e. The van der Waals surface area contributed by atoms with Crippen molar-refractivity contribution in [2.45, 2.75) is 103 Å². The molecule has 0 bridgehead atoms. The highest BCUT2D eigenvalue weighted by Crippen LogP contribution is 2.40. The molecule has 0 aromatic heterocycles. The molecule has 2 heterocycles. The molecule has 5 rings (SSSR count). The topological polar surface area (TPSA) is 30.0 Å². The number of aryl methyl sites for hydroxylation is 1. The van der Waals surface area contributed by atoms with Gasteiger partial charge in [0.2, 0.25) is 0 Å². The molecule has 1 unspecified atom stereocenters. The Kier molecular flexibility index (Phi) is 12.4. The van der Waals surface area contributed by atoms with Gasteiger partial charge < -0.3 is 14.9 Å². The number of likely N-dealkylation sites (tertiary alicyclic amines) is 1. The second-order valence-corrected chi connectivity index (χ2v) is 13.2. The summed E-state index contributed by atoms with van der Waals surface area (Å²) in [6.45, 7) is 16.6. The van der Waals surface area contributed by atoms with Gasteiger partial charge in [-0.3, -0.25) is 4.90 Å². The Balaban J connectivity index is 0.00000226. The van der Waals surface area contributed by atoms with E-state index in [1.807, 2.05) is 13.8 Å². The maximum atomic E-state index is 14.2. The van der Waals surface area contributed by atoms with Gasteiger partial charge in [-0.15, -0.1) is 0 Å². The fourth-order valence-electron chi connectivity index (χ4n) is 7.63. The van der Waals surface area contributed by atoms with E-state index >= 15 is 0 Å². The van der Waals surface area contributed by atoms with Gasteiger partial charge in [-0.1, -0.05) is 63.8 Å². The molecule has 45 heavy (non-hydrogen) atoms. The first-order valence-electron chi connectivity index (χ1n) is 17.1. The van der Waals surface area contributed by atoms with Crippen LogP contribution in [0.2, 0.25) is 0 Å². The number of rotatable bonds is 8. The molecular weight excluding hydrogens is 578 g/mol. The van der Waals surface area contributed by atoms with Gasteiger partial charge in [0.25, 0.3) is 0 Å². The van der Waals surface area contributed by atoms with Crippen LogP contribution in [-0.2, 0) is 18.0 Å². The molecule has 3 fully saturated rings. The smallest absolute Gasteiger partial charge is 0.416 e. The van der Waals surface area contributed by atoms with E-state index < -0.39 is 17.6 Å². The van der Waals surface area contributed by atoms with Crippen LogP contribution in [0.15, 0.2) is 48.7 Å². The number of nitrogens with zero attached hydrogens (tertiary/aromatic N) is 3. The van der Waals surface area contributed by atoms with E-state index in [0.717, 1.165) is 82.3 Å². The van der Waals surface area contributed by atoms with Gasteiger partial charge >= 0.3 is 6.18 Å². The first-order chi connectivity index (χ1) is 21.5. The third kappa shape index (κ3) is 9.25. The molecule has 0 amide bonds. The lowest BCUT2D eigenvalue weighted by Crippen LogP contribution is -2.51. The SMILES string of the molecule is C=C(Cc1cc(C)cc(C(F)(F)F)c1)N1CCCCC(CCN2CCN(C3CCCCC3)CC2)(c2ccc(F)c(O)c2)C1.CC. The van der Waals surface area contributed by atoms with Crippen LogP contribution in [-0.4, -0.2) is 71.7 Å². The van der Waals surface area contributed by atoms with E-state index in [9.17, 15) is 22.7 Å². The molecule has 1 saturated carbocycles. The molecule has 250 valence electrons. The van der Waals surface area contributed by atoms with Crippen molar-refractivity contribution >= 4 is 0 Å². The molecular formula is C37H53F4N3O. The first kappa shape index (κ1) is 35.3. The lowest BCUT2D eigenvalue weighted by molar-refractivity contribution is -0.137. The molecule has 1 N–H and O–H groups in total. The number of benzene rings is 2. The first-order valence-corrected chi connectivity index (χ1v) is 17.1. The average Bonchev–Trinajstić information content (AvgIpc) is 3.26. The standard InChI is InChI=1S/C35H47F4N3O.C2H6/c1-26-20-28(23-30(21-26)35(37,38)39)22-27(2)42-14-7-6-12-34(25-42,29-10-11-32(36)33(43)24-29)13-15-40-16-18-41(19-17-40)31-8-4-3-5-9-31;1-2/h10-11,20-21,23-24,31,43H,2-9,12-19,22,25H2,1H3;1-2H3. The van der Waals surface area contributed by atoms with Crippen LogP contribution in [0.3, 0.4) is 0 Å². The Morgan fingerprint density at radius 1 is 0.933 bits per heavy atom. The van der Waals surface area contributed by atoms with Crippen LogP contribution in [0.1, 0.15) is 93.9 Å². The molecule has 2 saturated heterocycles. The fourth-order valence-corrected chi connectivity index (χ4v) is 7.63. The van der Waals surface area contributed by atoms with Crippen LogP contribution in [0.4, 0.5) is 17.6 Å². The highest BCUT2D eigenvalue weighted by Gasteiger charge is 2.38. The van der Waals surface area contributed by atoms with Crippen LogP contribution in [0.25, 0.3) is 0 Å². The number of aromatic hydroxyl groups is 1. The van der Waals surface area contributed by atoms with Gasteiger partial charge in [-0.25, -0.2) is 4.39 Å². The number of phenolic OH excluding ortho intramolecular Hbond substituents is 1. The molecule has 0 spiro atoms. The second kappa shape index (κ2) is 15.8. The number of alkyl halides is 3. The van der Waals surface area contributed by atoms with Gasteiger partial charge in [0.05, 0.1) is 5.56 Å². The van der Waals surface area contributed by atoms with Gasteiger partial charge in [-0.05, 0) is 81.0 Å². The normalized spacial score (nSPS) is 22.4. The lowest BCUT2D eigenvalue weighted by Gasteiger charge is -2.43. The zero-order chi connectivity index (χ0) is 32.6. The molecule has 3 aliphatic rings. The average molecular weight is 632 g/mol. The minimum atomic E-state index is -4.40. The highest BCUT2D eigenvalue weighted by atomic mass is 19.4. The Morgan fingerprint density at radius 2 is 1.64 bits per heavy atom. The van der Waals surface area contributed by atoms with Gasteiger partial charge in [-0.2, -0.15) is 13.2 Å². The Labute approximate surface area is 268 Å². The van der Waals surface area contributed by atoms with E-state index in [4.69, 9.17) is 0 Å². The largest absolute Gasteiger partial charge is 0.505 e. The maximum absolute atomic E-state index is 14.2. The number of allylic oxidation sites excluding steroid dienone is 1. The van der Waals surface area contributed by atoms with Crippen molar-refractivity contribution in [2.24, 2.45) is 0 Å². The third-order valence-electron chi connectivity index (χ3n) is 10.1. The molecule has 2 aliphatic heterocycles. The van der Waals surface area contributed by atoms with Crippen molar-refractivity contribution in [1.29, 1.82) is 0 Å². The quantitative estimate of drug-likeness (QED) is 0.295. The van der Waals surface area contributed by atoms with E-state index in [2.05, 4.69) is 21.3 Å². The summed E-state index contributed by atoms with van der Waals surface area (Å²) in [5, 5.41) is 10.4. The summed E-state index contributed by atoms with van der Waals surface area (Å²) < 4.78 is 54.7. The van der Waals surface area contributed by atoms with Gasteiger partial charge in [0, 0.05) is 62.8 Å². The molecule has 8 heteroatoms. The van der Waals surface area contributed by atoms with Crippen molar-refractivity contribution in [3.63, 3.8) is 0 Å². The van der Waals surface area contributed by atoms with E-state index in [-0.39, 0.29) is 11.2 Å². The van der Waals surface area contributed by atoms with Crippen molar-refractivity contribution in [1.82, 2.24) is 14.7 Å².